The largest absolute Gasteiger partial charge is 0.466 e. The highest BCUT2D eigenvalue weighted by Gasteiger charge is 2.20. The molecule has 0 fully saturated rings. The van der Waals surface area contributed by atoms with E-state index >= 15 is 0 Å². The molecule has 506 valence electrons. The smallest absolute Gasteiger partial charge is 0.305 e. The molecule has 6 nitrogen and oxygen atoms in total. The van der Waals surface area contributed by atoms with Gasteiger partial charge in [0.1, 0.15) is 0 Å². The van der Waals surface area contributed by atoms with Crippen molar-refractivity contribution in [3.8, 4) is 0 Å². The zero-order chi connectivity index (χ0) is 61.3. The van der Waals surface area contributed by atoms with Crippen LogP contribution in [0.4, 0.5) is 0 Å². The molecule has 2 unspecified atom stereocenters. The SMILES string of the molecule is CCCCCCCCC/C=C\CCCCCCCCCC(=O)OCCCCCCCCCCCCCCCCCCCCCCCCCCCC(=O)NC(CO)C(O)CCCCCCCCCCCCCCCCCCCCCCCCCCC. The lowest BCUT2D eigenvalue weighted by atomic mass is 10.0. The van der Waals surface area contributed by atoms with Gasteiger partial charge in [0, 0.05) is 12.8 Å². The van der Waals surface area contributed by atoms with Gasteiger partial charge in [-0.25, -0.2) is 0 Å². The molecule has 0 aliphatic carbocycles. The first-order chi connectivity index (χ1) is 42.0. The summed E-state index contributed by atoms with van der Waals surface area (Å²) in [6, 6.07) is -0.541. The van der Waals surface area contributed by atoms with Gasteiger partial charge in [0.05, 0.1) is 25.4 Å². The molecule has 0 spiro atoms. The first-order valence-corrected chi connectivity index (χ1v) is 39.4. The molecule has 0 saturated heterocycles. The van der Waals surface area contributed by atoms with Gasteiger partial charge in [-0.05, 0) is 51.4 Å². The Balaban J connectivity index is 3.35. The van der Waals surface area contributed by atoms with Gasteiger partial charge in [-0.3, -0.25) is 9.59 Å². The molecule has 0 aromatic heterocycles. The minimum absolute atomic E-state index is 0.0151. The maximum absolute atomic E-state index is 12.6. The summed E-state index contributed by atoms with van der Waals surface area (Å²) in [6.45, 7) is 5.01. The second kappa shape index (κ2) is 75.1. The van der Waals surface area contributed by atoms with Gasteiger partial charge in [-0.15, -0.1) is 0 Å². The molecule has 85 heavy (non-hydrogen) atoms. The van der Waals surface area contributed by atoms with E-state index in [1.165, 1.54) is 379 Å². The Morgan fingerprint density at radius 3 is 0.835 bits per heavy atom. The lowest BCUT2D eigenvalue weighted by molar-refractivity contribution is -0.143. The third-order valence-electron chi connectivity index (χ3n) is 18.8. The molecular formula is C79H155NO5. The number of allylic oxidation sites excluding steroid dienone is 2. The molecule has 0 aromatic carbocycles. The van der Waals surface area contributed by atoms with Crippen LogP contribution in [-0.2, 0) is 14.3 Å². The normalized spacial score (nSPS) is 12.5. The van der Waals surface area contributed by atoms with Crippen molar-refractivity contribution in [1.29, 1.82) is 0 Å². The van der Waals surface area contributed by atoms with Crippen LogP contribution in [0.2, 0.25) is 0 Å². The minimum atomic E-state index is -0.664. The highest BCUT2D eigenvalue weighted by atomic mass is 16.5. The van der Waals surface area contributed by atoms with Crippen LogP contribution in [-0.4, -0.2) is 47.4 Å². The number of hydrogen-bond acceptors (Lipinski definition) is 5. The fourth-order valence-corrected chi connectivity index (χ4v) is 12.8. The highest BCUT2D eigenvalue weighted by molar-refractivity contribution is 5.76. The summed E-state index contributed by atoms with van der Waals surface area (Å²) in [7, 11) is 0. The standard InChI is InChI=1S/C79H155NO5/c1-3-5-7-9-11-13-15-17-19-21-23-24-25-27-30-33-36-39-43-47-51-55-59-63-67-71-77(82)76(75-81)80-78(83)72-68-64-60-56-52-48-44-40-37-34-31-28-26-29-32-35-38-42-46-50-54-58-62-66-70-74-85-79(84)73-69-65-61-57-53-49-45-41-22-20-18-16-14-12-10-8-6-4-2/h20,22,76-77,81-82H,3-19,21,23-75H2,1-2H3,(H,80,83)/b22-20-. The molecule has 0 bridgehead atoms. The molecule has 6 heteroatoms. The molecule has 0 rings (SSSR count). The Labute approximate surface area is 533 Å². The number of aliphatic hydroxyl groups is 2. The molecular weight excluding hydrogens is 1040 g/mol. The van der Waals surface area contributed by atoms with Crippen molar-refractivity contribution in [3.05, 3.63) is 12.2 Å². The van der Waals surface area contributed by atoms with Gasteiger partial charge in [-0.1, -0.05) is 405 Å². The summed E-state index contributed by atoms with van der Waals surface area (Å²) < 4.78 is 5.51. The van der Waals surface area contributed by atoms with E-state index in [1.807, 2.05) is 0 Å². The molecule has 0 aromatic rings. The van der Waals surface area contributed by atoms with E-state index in [1.54, 1.807) is 0 Å². The van der Waals surface area contributed by atoms with Crippen molar-refractivity contribution in [2.75, 3.05) is 13.2 Å². The van der Waals surface area contributed by atoms with Crippen molar-refractivity contribution < 1.29 is 24.5 Å². The lowest BCUT2D eigenvalue weighted by Gasteiger charge is -2.22. The molecule has 0 aliphatic rings. The number of unbranched alkanes of at least 4 members (excludes halogenated alkanes) is 62. The number of carbonyl (C=O) groups is 2. The number of carbonyl (C=O) groups excluding carboxylic acids is 2. The molecule has 0 saturated carbocycles. The lowest BCUT2D eigenvalue weighted by Crippen LogP contribution is -2.45. The quantitative estimate of drug-likeness (QED) is 0.0320. The Morgan fingerprint density at radius 2 is 0.553 bits per heavy atom. The number of nitrogens with one attached hydrogen (secondary N) is 1. The first-order valence-electron chi connectivity index (χ1n) is 39.4. The Hall–Kier alpha value is -1.40. The Kier molecular flexibility index (Phi) is 73.8. The summed E-state index contributed by atoms with van der Waals surface area (Å²) in [4.78, 5) is 24.7. The van der Waals surface area contributed by atoms with Crippen molar-refractivity contribution in [3.63, 3.8) is 0 Å². The van der Waals surface area contributed by atoms with Crippen molar-refractivity contribution in [2.24, 2.45) is 0 Å². The zero-order valence-corrected chi connectivity index (χ0v) is 58.1. The summed E-state index contributed by atoms with van der Waals surface area (Å²) in [5.74, 6) is -0.0119. The average Bonchev–Trinajstić information content (AvgIpc) is 3.51. The number of ether oxygens (including phenoxy) is 1. The fraction of sp³-hybridized carbons (Fsp3) is 0.949. The van der Waals surface area contributed by atoms with Crippen LogP contribution in [0, 0.1) is 0 Å². The molecule has 2 atom stereocenters. The third kappa shape index (κ3) is 71.6. The topological polar surface area (TPSA) is 95.9 Å². The predicted molar refractivity (Wildman–Crippen MR) is 375 cm³/mol. The fourth-order valence-electron chi connectivity index (χ4n) is 12.8. The molecule has 1 amide bonds. The Bertz CT molecular complexity index is 1290. The molecule has 0 radical (unpaired) electrons. The first kappa shape index (κ1) is 83.6. The summed E-state index contributed by atoms with van der Waals surface area (Å²) in [6.07, 6.45) is 94.3. The maximum Gasteiger partial charge on any atom is 0.305 e. The van der Waals surface area contributed by atoms with Crippen LogP contribution in [0.5, 0.6) is 0 Å². The summed E-state index contributed by atoms with van der Waals surface area (Å²) in [5.41, 5.74) is 0. The molecule has 0 aliphatic heterocycles. The van der Waals surface area contributed by atoms with Crippen LogP contribution >= 0.6 is 0 Å². The summed E-state index contributed by atoms with van der Waals surface area (Å²) in [5, 5.41) is 23.5. The predicted octanol–water partition coefficient (Wildman–Crippen LogP) is 25.9. The number of esters is 1. The average molecular weight is 1200 g/mol. The van der Waals surface area contributed by atoms with Crippen molar-refractivity contribution in [1.82, 2.24) is 5.32 Å². The minimum Gasteiger partial charge on any atom is -0.466 e. The van der Waals surface area contributed by atoms with E-state index in [9.17, 15) is 19.8 Å². The van der Waals surface area contributed by atoms with Crippen LogP contribution in [0.1, 0.15) is 457 Å². The number of rotatable bonds is 75. The van der Waals surface area contributed by atoms with Gasteiger partial charge in [0.25, 0.3) is 0 Å². The Morgan fingerprint density at radius 1 is 0.318 bits per heavy atom. The van der Waals surface area contributed by atoms with Crippen molar-refractivity contribution >= 4 is 11.9 Å². The van der Waals surface area contributed by atoms with E-state index in [0.717, 1.165) is 44.9 Å². The van der Waals surface area contributed by atoms with E-state index < -0.39 is 12.1 Å². The van der Waals surface area contributed by atoms with E-state index in [2.05, 4.69) is 31.3 Å². The van der Waals surface area contributed by atoms with Crippen LogP contribution in [0.25, 0.3) is 0 Å². The third-order valence-corrected chi connectivity index (χ3v) is 18.8. The number of aliphatic hydroxyl groups excluding tert-OH is 2. The van der Waals surface area contributed by atoms with Gasteiger partial charge in [-0.2, -0.15) is 0 Å². The van der Waals surface area contributed by atoms with Crippen molar-refractivity contribution in [2.45, 2.75) is 469 Å². The zero-order valence-electron chi connectivity index (χ0n) is 58.1. The van der Waals surface area contributed by atoms with Gasteiger partial charge < -0.3 is 20.3 Å². The van der Waals surface area contributed by atoms with Crippen LogP contribution in [0.15, 0.2) is 12.2 Å². The van der Waals surface area contributed by atoms with Crippen LogP contribution in [0.3, 0.4) is 0 Å². The van der Waals surface area contributed by atoms with Gasteiger partial charge in [0.2, 0.25) is 5.91 Å². The number of hydrogen-bond donors (Lipinski definition) is 3. The van der Waals surface area contributed by atoms with Gasteiger partial charge in [0.15, 0.2) is 0 Å². The highest BCUT2D eigenvalue weighted by Crippen LogP contribution is 2.20. The van der Waals surface area contributed by atoms with Gasteiger partial charge >= 0.3 is 5.97 Å². The number of amides is 1. The van der Waals surface area contributed by atoms with E-state index in [0.29, 0.717) is 25.9 Å². The van der Waals surface area contributed by atoms with E-state index in [4.69, 9.17) is 4.74 Å². The summed E-state index contributed by atoms with van der Waals surface area (Å²) >= 11 is 0. The monoisotopic (exact) mass is 1200 g/mol. The molecule has 0 heterocycles. The second-order valence-electron chi connectivity index (χ2n) is 27.4. The maximum atomic E-state index is 12.6. The second-order valence-corrected chi connectivity index (χ2v) is 27.4. The van der Waals surface area contributed by atoms with E-state index in [-0.39, 0.29) is 18.5 Å². The van der Waals surface area contributed by atoms with Crippen LogP contribution < -0.4 is 5.32 Å². The molecule has 3 N–H and O–H groups in total.